The van der Waals surface area contributed by atoms with Crippen LogP contribution in [0.2, 0.25) is 0 Å². The van der Waals surface area contributed by atoms with Gasteiger partial charge in [-0.2, -0.15) is 0 Å². The minimum atomic E-state index is -0.0739. The number of fused-ring (bicyclic) bond motifs is 1. The third-order valence-corrected chi connectivity index (χ3v) is 5.61. The van der Waals surface area contributed by atoms with Crippen molar-refractivity contribution in [3.8, 4) is 11.5 Å². The van der Waals surface area contributed by atoms with Crippen LogP contribution in [0.4, 0.5) is 5.69 Å². The largest absolute Gasteiger partial charge is 0.497 e. The van der Waals surface area contributed by atoms with E-state index in [-0.39, 0.29) is 5.91 Å². The van der Waals surface area contributed by atoms with E-state index < -0.39 is 0 Å². The van der Waals surface area contributed by atoms with Crippen LogP contribution in [0.25, 0.3) is 0 Å². The highest BCUT2D eigenvalue weighted by molar-refractivity contribution is 7.14. The Bertz CT molecular complexity index is 698. The Morgan fingerprint density at radius 3 is 2.58 bits per heavy atom. The number of rotatable bonds is 4. The molecule has 0 atom stereocenters. The van der Waals surface area contributed by atoms with Gasteiger partial charge in [0.15, 0.2) is 0 Å². The van der Waals surface area contributed by atoms with E-state index in [0.29, 0.717) is 17.2 Å². The number of carbonyl (C=O) groups excluding carboxylic acids is 1. The van der Waals surface area contributed by atoms with Crippen molar-refractivity contribution in [1.29, 1.82) is 0 Å². The van der Waals surface area contributed by atoms with Gasteiger partial charge in [-0.1, -0.05) is 12.8 Å². The van der Waals surface area contributed by atoms with E-state index in [2.05, 4.69) is 11.4 Å². The highest BCUT2D eigenvalue weighted by Crippen LogP contribution is 2.32. The maximum atomic E-state index is 12.6. The fraction of sp³-hybridized carbons (Fsp3) is 0.421. The molecular weight excluding hydrogens is 322 g/mol. The maximum Gasteiger partial charge on any atom is 0.265 e. The Kier molecular flexibility index (Phi) is 5.41. The standard InChI is InChI=1S/C19H23NO3S/c1-22-14-9-10-15(16(12-14)23-2)20-19(21)18-11-13-7-5-3-4-6-8-17(13)24-18/h9-12H,3-8H2,1-2H3,(H,20,21). The number of anilines is 1. The van der Waals surface area contributed by atoms with Crippen molar-refractivity contribution >= 4 is 22.9 Å². The zero-order valence-corrected chi connectivity index (χ0v) is 15.0. The van der Waals surface area contributed by atoms with E-state index in [9.17, 15) is 4.79 Å². The first-order valence-electron chi connectivity index (χ1n) is 8.36. The molecule has 24 heavy (non-hydrogen) atoms. The summed E-state index contributed by atoms with van der Waals surface area (Å²) in [5, 5.41) is 2.96. The van der Waals surface area contributed by atoms with Crippen molar-refractivity contribution in [2.75, 3.05) is 19.5 Å². The number of hydrogen-bond donors (Lipinski definition) is 1. The minimum Gasteiger partial charge on any atom is -0.497 e. The summed E-state index contributed by atoms with van der Waals surface area (Å²) < 4.78 is 10.5. The molecule has 128 valence electrons. The number of methoxy groups -OCH3 is 2. The molecule has 1 aromatic heterocycles. The average Bonchev–Trinajstić information content (AvgIpc) is 2.97. The van der Waals surface area contributed by atoms with Gasteiger partial charge in [-0.3, -0.25) is 4.79 Å². The zero-order chi connectivity index (χ0) is 16.9. The first kappa shape index (κ1) is 16.8. The molecule has 0 unspecified atom stereocenters. The number of benzene rings is 1. The van der Waals surface area contributed by atoms with Crippen LogP contribution in [-0.2, 0) is 12.8 Å². The Morgan fingerprint density at radius 1 is 1.04 bits per heavy atom. The van der Waals surface area contributed by atoms with Crippen LogP contribution in [0.1, 0.15) is 45.8 Å². The lowest BCUT2D eigenvalue weighted by molar-refractivity contribution is 0.103. The number of thiophene rings is 1. The van der Waals surface area contributed by atoms with E-state index in [1.165, 1.54) is 36.1 Å². The van der Waals surface area contributed by atoms with Gasteiger partial charge in [0.05, 0.1) is 24.8 Å². The number of amides is 1. The maximum absolute atomic E-state index is 12.6. The van der Waals surface area contributed by atoms with Crippen LogP contribution in [0.3, 0.4) is 0 Å². The first-order chi connectivity index (χ1) is 11.7. The molecule has 2 aromatic rings. The zero-order valence-electron chi connectivity index (χ0n) is 14.2. The van der Waals surface area contributed by atoms with Crippen LogP contribution in [-0.4, -0.2) is 20.1 Å². The van der Waals surface area contributed by atoms with Crippen molar-refractivity contribution in [1.82, 2.24) is 0 Å². The molecule has 1 aliphatic carbocycles. The quantitative estimate of drug-likeness (QED) is 0.875. The van der Waals surface area contributed by atoms with Crippen molar-refractivity contribution in [3.05, 3.63) is 39.6 Å². The normalized spacial score (nSPS) is 14.2. The number of aryl methyl sites for hydroxylation is 2. The van der Waals surface area contributed by atoms with Crippen molar-refractivity contribution in [2.45, 2.75) is 38.5 Å². The van der Waals surface area contributed by atoms with Gasteiger partial charge in [0.2, 0.25) is 0 Å². The van der Waals surface area contributed by atoms with Gasteiger partial charge < -0.3 is 14.8 Å². The van der Waals surface area contributed by atoms with Gasteiger partial charge in [-0.25, -0.2) is 0 Å². The predicted octanol–water partition coefficient (Wildman–Crippen LogP) is 4.68. The van der Waals surface area contributed by atoms with Gasteiger partial charge in [0, 0.05) is 10.9 Å². The summed E-state index contributed by atoms with van der Waals surface area (Å²) >= 11 is 1.63. The Hall–Kier alpha value is -2.01. The molecule has 0 fully saturated rings. The highest BCUT2D eigenvalue weighted by atomic mass is 32.1. The summed E-state index contributed by atoms with van der Waals surface area (Å²) in [6, 6.07) is 7.45. The summed E-state index contributed by atoms with van der Waals surface area (Å²) in [6.45, 7) is 0. The third kappa shape index (κ3) is 3.73. The van der Waals surface area contributed by atoms with E-state index >= 15 is 0 Å². The molecule has 3 rings (SSSR count). The molecule has 0 spiro atoms. The molecule has 4 nitrogen and oxygen atoms in total. The first-order valence-corrected chi connectivity index (χ1v) is 9.18. The molecule has 1 heterocycles. The Labute approximate surface area is 146 Å². The topological polar surface area (TPSA) is 47.6 Å². The molecule has 0 radical (unpaired) electrons. The molecule has 0 bridgehead atoms. The lowest BCUT2D eigenvalue weighted by Gasteiger charge is -2.11. The second kappa shape index (κ2) is 7.71. The monoisotopic (exact) mass is 345 g/mol. The molecular formula is C19H23NO3S. The van der Waals surface area contributed by atoms with E-state index in [4.69, 9.17) is 9.47 Å². The van der Waals surface area contributed by atoms with Gasteiger partial charge in [0.25, 0.3) is 5.91 Å². The predicted molar refractivity (Wildman–Crippen MR) is 97.7 cm³/mol. The van der Waals surface area contributed by atoms with Crippen molar-refractivity contribution in [3.63, 3.8) is 0 Å². The van der Waals surface area contributed by atoms with E-state index in [1.807, 2.05) is 6.07 Å². The van der Waals surface area contributed by atoms with Crippen LogP contribution in [0.5, 0.6) is 11.5 Å². The lowest BCUT2D eigenvalue weighted by Crippen LogP contribution is -2.11. The summed E-state index contributed by atoms with van der Waals surface area (Å²) in [7, 11) is 3.19. The second-order valence-corrected chi connectivity index (χ2v) is 7.13. The summed E-state index contributed by atoms with van der Waals surface area (Å²) in [5.41, 5.74) is 2.01. The molecule has 1 amide bonds. The molecule has 5 heteroatoms. The van der Waals surface area contributed by atoms with Gasteiger partial charge in [0.1, 0.15) is 11.5 Å². The fourth-order valence-corrected chi connectivity index (χ4v) is 4.19. The van der Waals surface area contributed by atoms with E-state index in [0.717, 1.165) is 17.7 Å². The molecule has 1 N–H and O–H groups in total. The van der Waals surface area contributed by atoms with E-state index in [1.54, 1.807) is 37.7 Å². The summed E-state index contributed by atoms with van der Waals surface area (Å²) in [6.07, 6.45) is 7.21. The summed E-state index contributed by atoms with van der Waals surface area (Å²) in [4.78, 5) is 14.8. The number of nitrogens with one attached hydrogen (secondary N) is 1. The van der Waals surface area contributed by atoms with Crippen LogP contribution in [0.15, 0.2) is 24.3 Å². The smallest absolute Gasteiger partial charge is 0.265 e. The molecule has 0 aliphatic heterocycles. The Balaban J connectivity index is 1.79. The SMILES string of the molecule is COc1ccc(NC(=O)c2cc3c(s2)CCCCCC3)c(OC)c1. The number of ether oxygens (including phenoxy) is 2. The summed E-state index contributed by atoms with van der Waals surface area (Å²) in [5.74, 6) is 1.22. The van der Waals surface area contributed by atoms with Gasteiger partial charge in [-0.05, 0) is 49.4 Å². The van der Waals surface area contributed by atoms with Crippen molar-refractivity contribution in [2.24, 2.45) is 0 Å². The average molecular weight is 345 g/mol. The molecule has 1 aliphatic rings. The highest BCUT2D eigenvalue weighted by Gasteiger charge is 2.17. The molecule has 1 aromatic carbocycles. The minimum absolute atomic E-state index is 0.0739. The van der Waals surface area contributed by atoms with Gasteiger partial charge in [-0.15, -0.1) is 11.3 Å². The number of carbonyl (C=O) groups is 1. The van der Waals surface area contributed by atoms with Crippen molar-refractivity contribution < 1.29 is 14.3 Å². The van der Waals surface area contributed by atoms with Crippen LogP contribution in [0, 0.1) is 0 Å². The fourth-order valence-electron chi connectivity index (χ4n) is 3.04. The molecule has 0 saturated carbocycles. The molecule has 0 saturated heterocycles. The van der Waals surface area contributed by atoms with Crippen LogP contribution < -0.4 is 14.8 Å². The Morgan fingerprint density at radius 2 is 1.83 bits per heavy atom. The third-order valence-electron chi connectivity index (χ3n) is 4.38. The number of hydrogen-bond acceptors (Lipinski definition) is 4. The van der Waals surface area contributed by atoms with Crippen LogP contribution >= 0.6 is 11.3 Å². The lowest BCUT2D eigenvalue weighted by atomic mass is 10.00. The second-order valence-electron chi connectivity index (χ2n) is 5.99. The van der Waals surface area contributed by atoms with Gasteiger partial charge >= 0.3 is 0 Å².